The topological polar surface area (TPSA) is 0 Å². The third-order valence-electron chi connectivity index (χ3n) is 0. The van der Waals surface area contributed by atoms with Gasteiger partial charge in [0.2, 0.25) is 0 Å². The predicted molar refractivity (Wildman–Crippen MR) is 20.1 cm³/mol. The Labute approximate surface area is 144 Å². The van der Waals surface area contributed by atoms with E-state index >= 15 is 0 Å². The number of rotatable bonds is 0. The summed E-state index contributed by atoms with van der Waals surface area (Å²) in [7, 11) is 0. The zero-order valence-corrected chi connectivity index (χ0v) is 12.1. The van der Waals surface area contributed by atoms with Crippen LogP contribution in [0.15, 0.2) is 0 Å². The van der Waals surface area contributed by atoms with E-state index in [1.165, 1.54) is 0 Å². The van der Waals surface area contributed by atoms with Gasteiger partial charge in [0.05, 0.1) is 0 Å². The van der Waals surface area contributed by atoms with Gasteiger partial charge >= 0.3 is 126 Å². The molecule has 0 nitrogen and oxygen atoms in total. The molecule has 0 radical (unpaired) electrons. The van der Waals surface area contributed by atoms with Crippen LogP contribution in [0.1, 0.15) is 5.71 Å². The summed E-state index contributed by atoms with van der Waals surface area (Å²) in [5, 5.41) is 0. The van der Waals surface area contributed by atoms with Gasteiger partial charge in [-0.15, -0.1) is 0 Å². The molecule has 0 amide bonds. The first-order valence-electron chi connectivity index (χ1n) is 0. The van der Waals surface area contributed by atoms with Crippen LogP contribution < -0.4 is 77.0 Å². The normalized spacial score (nSPS) is 0. The molecule has 0 spiro atoms. The van der Waals surface area contributed by atoms with E-state index in [0.717, 1.165) is 0 Å². The van der Waals surface area contributed by atoms with Crippen molar-refractivity contribution in [2.75, 3.05) is 0 Å². The van der Waals surface area contributed by atoms with Crippen LogP contribution in [-0.4, -0.2) is 66.2 Å². The molecule has 4 heteroatoms. The summed E-state index contributed by atoms with van der Waals surface area (Å²) in [6.45, 7) is 0. The minimum Gasteiger partial charge on any atom is -1.00 e. The third kappa shape index (κ3) is 9.71. The van der Waals surface area contributed by atoms with Crippen molar-refractivity contribution in [3.8, 4) is 0 Å². The maximum Gasteiger partial charge on any atom is 2.00 e. The molecule has 4 heavy (non-hydrogen) atoms. The molecule has 0 fully saturated rings. The Bertz CT molecular complexity index is 16.0. The second-order valence-corrected chi connectivity index (χ2v) is 0. The second-order valence-electron chi connectivity index (χ2n) is 0. The maximum absolute atomic E-state index is 0. The van der Waals surface area contributed by atoms with Gasteiger partial charge in [-0.05, 0) is 0 Å². The molecule has 14 valence electrons. The fraction of sp³-hybridized carbons (Fsp3) is 0. The summed E-state index contributed by atoms with van der Waals surface area (Å²) in [5.41, 5.74) is 0. The van der Waals surface area contributed by atoms with E-state index in [-0.39, 0.29) is 149 Å². The van der Waals surface area contributed by atoms with E-state index < -0.39 is 0 Å². The van der Waals surface area contributed by atoms with Crippen LogP contribution in [0.2, 0.25) is 0 Å². The van der Waals surface area contributed by atoms with Crippen LogP contribution in [0.3, 0.4) is 0 Å². The van der Waals surface area contributed by atoms with Gasteiger partial charge in [-0.3, -0.25) is 0 Å². The molecule has 0 aliphatic rings. The molecule has 0 rings (SSSR count). The van der Waals surface area contributed by atoms with Crippen LogP contribution in [-0.2, 0) is 0 Å². The molecular formula is H7AlBaLiRb. The number of hydrogen-bond donors (Lipinski definition) is 0. The van der Waals surface area contributed by atoms with E-state index in [4.69, 9.17) is 0 Å². The third-order valence-corrected chi connectivity index (χ3v) is 0. The Kier molecular flexibility index (Phi) is 92.3. The zero-order valence-electron chi connectivity index (χ0n) is 6.71. The molecule has 0 aromatic carbocycles. The van der Waals surface area contributed by atoms with Crippen molar-refractivity contribution in [3.05, 3.63) is 0 Å². The standard InChI is InChI=1S/Al.Ba.Li.Rb.7H/q;+2;2*+1;;;;4*-1. The minimum absolute atomic E-state index is 0. The smallest absolute Gasteiger partial charge is 1.00 e. The van der Waals surface area contributed by atoms with E-state index in [0.29, 0.717) is 0 Å². The van der Waals surface area contributed by atoms with E-state index in [9.17, 15) is 0 Å². The summed E-state index contributed by atoms with van der Waals surface area (Å²) in [5.74, 6) is 0. The van der Waals surface area contributed by atoms with Crippen LogP contribution in [0.5, 0.6) is 0 Å². The van der Waals surface area contributed by atoms with Crippen molar-refractivity contribution in [2.45, 2.75) is 0 Å². The van der Waals surface area contributed by atoms with Gasteiger partial charge in [0.25, 0.3) is 0 Å². The fourth-order valence-electron chi connectivity index (χ4n) is 0. The molecule has 0 heterocycles. The first-order chi connectivity index (χ1) is 0. The predicted octanol–water partition coefficient (Wildman–Crippen LogP) is -7.11. The molecule has 0 bridgehead atoms. The number of hydrogen-bond acceptors (Lipinski definition) is 0. The summed E-state index contributed by atoms with van der Waals surface area (Å²) in [6.07, 6.45) is 0. The van der Waals surface area contributed by atoms with Gasteiger partial charge in [-0.2, -0.15) is 0 Å². The Hall–Kier alpha value is 4.51. The van der Waals surface area contributed by atoms with Gasteiger partial charge in [0.1, 0.15) is 0 Å². The van der Waals surface area contributed by atoms with Gasteiger partial charge < -0.3 is 5.71 Å². The van der Waals surface area contributed by atoms with Gasteiger partial charge in [0.15, 0.2) is 17.4 Å². The molecule has 0 unspecified atom stereocenters. The van der Waals surface area contributed by atoms with Crippen LogP contribution in [0.4, 0.5) is 0 Å². The molecule has 0 aliphatic carbocycles. The molecule has 0 atom stereocenters. The minimum atomic E-state index is 0. The summed E-state index contributed by atoms with van der Waals surface area (Å²) in [4.78, 5) is 0. The monoisotopic (exact) mass is 264 g/mol. The first kappa shape index (κ1) is 23.6. The van der Waals surface area contributed by atoms with Crippen molar-refractivity contribution in [2.24, 2.45) is 0 Å². The zero-order chi connectivity index (χ0) is 0. The maximum atomic E-state index is 0. The van der Waals surface area contributed by atoms with Crippen LogP contribution in [0.25, 0.3) is 0 Å². The van der Waals surface area contributed by atoms with Crippen molar-refractivity contribution in [1.29, 1.82) is 0 Å². The molecule has 0 aromatic rings. The van der Waals surface area contributed by atoms with Crippen molar-refractivity contribution >= 4 is 66.2 Å². The SMILES string of the molecule is [AlH3].[Ba+2].[H-].[H-].[H-].[H-].[Li+].[Rb+]. The molecular weight excluding hydrogens is 257 g/mol. The van der Waals surface area contributed by atoms with Crippen LogP contribution >= 0.6 is 0 Å². The van der Waals surface area contributed by atoms with Crippen molar-refractivity contribution in [3.63, 3.8) is 0 Å². The van der Waals surface area contributed by atoms with Gasteiger partial charge in [-0.25, -0.2) is 0 Å². The Balaban J connectivity index is 0. The van der Waals surface area contributed by atoms with Crippen molar-refractivity contribution in [1.82, 2.24) is 0 Å². The summed E-state index contributed by atoms with van der Waals surface area (Å²) < 4.78 is 0. The molecule has 0 saturated heterocycles. The Morgan fingerprint density at radius 3 is 1.25 bits per heavy atom. The summed E-state index contributed by atoms with van der Waals surface area (Å²) in [6, 6.07) is 0. The average Bonchev–Trinajstić information content (AvgIpc) is 0. The van der Waals surface area contributed by atoms with E-state index in [1.807, 2.05) is 0 Å². The first-order valence-corrected chi connectivity index (χ1v) is 0. The molecule has 0 N–H and O–H groups in total. The van der Waals surface area contributed by atoms with Crippen LogP contribution in [0, 0.1) is 0 Å². The largest absolute Gasteiger partial charge is 2.00 e. The molecule has 0 saturated carbocycles. The Morgan fingerprint density at radius 1 is 1.25 bits per heavy atom. The summed E-state index contributed by atoms with van der Waals surface area (Å²) >= 11 is 0. The quantitative estimate of drug-likeness (QED) is 0.381. The van der Waals surface area contributed by atoms with E-state index in [1.54, 1.807) is 0 Å². The van der Waals surface area contributed by atoms with Gasteiger partial charge in [-0.1, -0.05) is 0 Å². The second kappa shape index (κ2) is 15.6. The van der Waals surface area contributed by atoms with E-state index in [2.05, 4.69) is 0 Å². The van der Waals surface area contributed by atoms with Gasteiger partial charge in [0, 0.05) is 0 Å². The Morgan fingerprint density at radius 2 is 1.25 bits per heavy atom. The van der Waals surface area contributed by atoms with Crippen molar-refractivity contribution < 1.29 is 82.8 Å². The molecule has 0 aliphatic heterocycles. The average molecular weight is 264 g/mol. The molecule has 0 aromatic heterocycles. The fourth-order valence-corrected chi connectivity index (χ4v) is 0.